The van der Waals surface area contributed by atoms with E-state index >= 15 is 0 Å². The topological polar surface area (TPSA) is 3.24 Å². The van der Waals surface area contributed by atoms with Crippen LogP contribution in [0.2, 0.25) is 0 Å². The SMILES string of the molecule is C(=C1/CCN(Cc2cccs2)C1)/c1cccs1. The number of rotatable bonds is 3. The molecule has 3 heterocycles. The lowest BCUT2D eigenvalue weighted by Crippen LogP contribution is -2.17. The second-order valence-electron chi connectivity index (χ2n) is 4.36. The highest BCUT2D eigenvalue weighted by atomic mass is 32.1. The molecule has 0 aliphatic carbocycles. The molecule has 3 heteroatoms. The van der Waals surface area contributed by atoms with Gasteiger partial charge in [-0.05, 0) is 35.4 Å². The third-order valence-electron chi connectivity index (χ3n) is 3.02. The maximum Gasteiger partial charge on any atom is 0.0331 e. The molecule has 0 atom stereocenters. The predicted molar refractivity (Wildman–Crippen MR) is 76.5 cm³/mol. The minimum atomic E-state index is 1.11. The maximum atomic E-state index is 2.53. The monoisotopic (exact) mass is 261 g/mol. The molecule has 1 nitrogen and oxygen atoms in total. The molecule has 1 fully saturated rings. The summed E-state index contributed by atoms with van der Waals surface area (Å²) in [5, 5.41) is 4.30. The van der Waals surface area contributed by atoms with Crippen molar-refractivity contribution in [3.63, 3.8) is 0 Å². The smallest absolute Gasteiger partial charge is 0.0331 e. The molecule has 1 saturated heterocycles. The van der Waals surface area contributed by atoms with E-state index in [-0.39, 0.29) is 0 Å². The Morgan fingerprint density at radius 1 is 1.18 bits per heavy atom. The van der Waals surface area contributed by atoms with Crippen LogP contribution in [0.4, 0.5) is 0 Å². The van der Waals surface area contributed by atoms with Gasteiger partial charge in [-0.15, -0.1) is 22.7 Å². The maximum absolute atomic E-state index is 2.53. The fraction of sp³-hybridized carbons (Fsp3) is 0.286. The van der Waals surface area contributed by atoms with Crippen molar-refractivity contribution in [1.29, 1.82) is 0 Å². The molecule has 0 aromatic carbocycles. The van der Waals surface area contributed by atoms with E-state index < -0.39 is 0 Å². The van der Waals surface area contributed by atoms with Crippen LogP contribution < -0.4 is 0 Å². The highest BCUT2D eigenvalue weighted by molar-refractivity contribution is 7.10. The van der Waals surface area contributed by atoms with E-state index in [1.54, 1.807) is 5.57 Å². The first kappa shape index (κ1) is 11.2. The van der Waals surface area contributed by atoms with Crippen molar-refractivity contribution in [1.82, 2.24) is 4.90 Å². The Labute approximate surface area is 110 Å². The average molecular weight is 261 g/mol. The van der Waals surface area contributed by atoms with Gasteiger partial charge >= 0.3 is 0 Å². The third-order valence-corrected chi connectivity index (χ3v) is 4.71. The zero-order chi connectivity index (χ0) is 11.5. The van der Waals surface area contributed by atoms with Crippen molar-refractivity contribution < 1.29 is 0 Å². The minimum absolute atomic E-state index is 1.11. The highest BCUT2D eigenvalue weighted by Crippen LogP contribution is 2.23. The molecule has 0 unspecified atom stereocenters. The summed E-state index contributed by atoms with van der Waals surface area (Å²) < 4.78 is 0. The van der Waals surface area contributed by atoms with Gasteiger partial charge in [0.2, 0.25) is 0 Å². The van der Waals surface area contributed by atoms with Crippen LogP contribution >= 0.6 is 22.7 Å². The predicted octanol–water partition coefficient (Wildman–Crippen LogP) is 4.10. The minimum Gasteiger partial charge on any atom is -0.294 e. The molecule has 1 aliphatic heterocycles. The van der Waals surface area contributed by atoms with Crippen molar-refractivity contribution >= 4 is 28.7 Å². The Kier molecular flexibility index (Phi) is 3.41. The van der Waals surface area contributed by atoms with E-state index in [0.29, 0.717) is 0 Å². The first-order valence-electron chi connectivity index (χ1n) is 5.88. The second kappa shape index (κ2) is 5.17. The number of thiophene rings is 2. The Morgan fingerprint density at radius 2 is 2.06 bits per heavy atom. The largest absolute Gasteiger partial charge is 0.294 e. The zero-order valence-electron chi connectivity index (χ0n) is 9.63. The zero-order valence-corrected chi connectivity index (χ0v) is 11.3. The summed E-state index contributed by atoms with van der Waals surface area (Å²) in [6.07, 6.45) is 3.59. The van der Waals surface area contributed by atoms with Crippen LogP contribution in [0, 0.1) is 0 Å². The van der Waals surface area contributed by atoms with Crippen LogP contribution in [-0.2, 0) is 6.54 Å². The average Bonchev–Trinajstić information content (AvgIpc) is 3.02. The Morgan fingerprint density at radius 3 is 2.82 bits per heavy atom. The first-order valence-corrected chi connectivity index (χ1v) is 7.64. The number of hydrogen-bond donors (Lipinski definition) is 0. The lowest BCUT2D eigenvalue weighted by Gasteiger charge is -2.12. The molecule has 0 amide bonds. The van der Waals surface area contributed by atoms with Gasteiger partial charge in [0, 0.05) is 29.4 Å². The van der Waals surface area contributed by atoms with E-state index in [0.717, 1.165) is 13.1 Å². The molecule has 0 spiro atoms. The summed E-state index contributed by atoms with van der Waals surface area (Å²) in [4.78, 5) is 5.39. The normalized spacial score (nSPS) is 19.2. The van der Waals surface area contributed by atoms with E-state index in [1.165, 1.54) is 22.7 Å². The van der Waals surface area contributed by atoms with Gasteiger partial charge in [0.05, 0.1) is 0 Å². The van der Waals surface area contributed by atoms with Gasteiger partial charge in [-0.3, -0.25) is 4.90 Å². The molecule has 2 aromatic heterocycles. The molecule has 1 aliphatic rings. The molecule has 0 bridgehead atoms. The summed E-state index contributed by atoms with van der Waals surface area (Å²) in [5.41, 5.74) is 1.57. The van der Waals surface area contributed by atoms with E-state index in [9.17, 15) is 0 Å². The first-order chi connectivity index (χ1) is 8.40. The van der Waals surface area contributed by atoms with Crippen molar-refractivity contribution in [2.75, 3.05) is 13.1 Å². The number of nitrogens with zero attached hydrogens (tertiary/aromatic N) is 1. The second-order valence-corrected chi connectivity index (χ2v) is 6.37. The van der Waals surface area contributed by atoms with Crippen LogP contribution in [0.5, 0.6) is 0 Å². The van der Waals surface area contributed by atoms with Gasteiger partial charge in [-0.25, -0.2) is 0 Å². The van der Waals surface area contributed by atoms with Crippen LogP contribution in [-0.4, -0.2) is 18.0 Å². The molecule has 88 valence electrons. The molecule has 3 rings (SSSR count). The summed E-state index contributed by atoms with van der Waals surface area (Å²) in [5.74, 6) is 0. The summed E-state index contributed by atoms with van der Waals surface area (Å²) in [6.45, 7) is 3.45. The molecule has 0 N–H and O–H groups in total. The van der Waals surface area contributed by atoms with E-state index in [2.05, 4.69) is 46.0 Å². The molecule has 0 saturated carbocycles. The van der Waals surface area contributed by atoms with Crippen LogP contribution in [0.3, 0.4) is 0 Å². The quantitative estimate of drug-likeness (QED) is 0.804. The lowest BCUT2D eigenvalue weighted by atomic mass is 10.2. The number of hydrogen-bond acceptors (Lipinski definition) is 3. The van der Waals surface area contributed by atoms with Crippen LogP contribution in [0.1, 0.15) is 16.2 Å². The highest BCUT2D eigenvalue weighted by Gasteiger charge is 2.16. The number of likely N-dealkylation sites (tertiary alicyclic amines) is 1. The van der Waals surface area contributed by atoms with Gasteiger partial charge in [-0.2, -0.15) is 0 Å². The summed E-state index contributed by atoms with van der Waals surface area (Å²) >= 11 is 3.68. The molecular formula is C14H15NS2. The molecule has 0 radical (unpaired) electrons. The molecule has 17 heavy (non-hydrogen) atoms. The van der Waals surface area contributed by atoms with Gasteiger partial charge in [0.1, 0.15) is 0 Å². The summed E-state index contributed by atoms with van der Waals surface area (Å²) in [7, 11) is 0. The van der Waals surface area contributed by atoms with Crippen molar-refractivity contribution in [2.45, 2.75) is 13.0 Å². The Balaban J connectivity index is 1.62. The standard InChI is InChI=1S/C14H15NS2/c1-3-13(16-7-1)9-12-5-6-15(10-12)11-14-4-2-8-17-14/h1-4,7-9H,5-6,10-11H2/b12-9+. The van der Waals surface area contributed by atoms with Gasteiger partial charge in [-0.1, -0.05) is 17.7 Å². The van der Waals surface area contributed by atoms with Gasteiger partial charge in [0.25, 0.3) is 0 Å². The van der Waals surface area contributed by atoms with Crippen molar-refractivity contribution in [2.24, 2.45) is 0 Å². The lowest BCUT2D eigenvalue weighted by molar-refractivity contribution is 0.340. The van der Waals surface area contributed by atoms with Crippen LogP contribution in [0.25, 0.3) is 6.08 Å². The van der Waals surface area contributed by atoms with Gasteiger partial charge in [0.15, 0.2) is 0 Å². The van der Waals surface area contributed by atoms with Crippen molar-refractivity contribution in [3.8, 4) is 0 Å². The van der Waals surface area contributed by atoms with Crippen molar-refractivity contribution in [3.05, 3.63) is 50.4 Å². The Hall–Kier alpha value is -0.900. The molecular weight excluding hydrogens is 246 g/mol. The third kappa shape index (κ3) is 2.86. The van der Waals surface area contributed by atoms with E-state index in [4.69, 9.17) is 0 Å². The van der Waals surface area contributed by atoms with Gasteiger partial charge < -0.3 is 0 Å². The Bertz CT molecular complexity index is 482. The van der Waals surface area contributed by atoms with E-state index in [1.807, 2.05) is 22.7 Å². The van der Waals surface area contributed by atoms with Crippen LogP contribution in [0.15, 0.2) is 40.6 Å². The fourth-order valence-electron chi connectivity index (χ4n) is 2.20. The summed E-state index contributed by atoms with van der Waals surface area (Å²) in [6, 6.07) is 8.68. The fourth-order valence-corrected chi connectivity index (χ4v) is 3.65. The molecule has 2 aromatic rings.